The molecule has 0 aromatic heterocycles. The third-order valence-electron chi connectivity index (χ3n) is 3.51. The van der Waals surface area contributed by atoms with Crippen molar-refractivity contribution in [3.8, 4) is 0 Å². The van der Waals surface area contributed by atoms with Crippen molar-refractivity contribution in [2.75, 3.05) is 11.9 Å². The molecule has 1 aromatic rings. The van der Waals surface area contributed by atoms with Gasteiger partial charge in [0.1, 0.15) is 6.04 Å². The summed E-state index contributed by atoms with van der Waals surface area (Å²) in [5.74, 6) is -0.997. The molecule has 6 heteroatoms. The third-order valence-corrected chi connectivity index (χ3v) is 3.51. The van der Waals surface area contributed by atoms with Crippen LogP contribution < -0.4 is 10.6 Å². The fourth-order valence-corrected chi connectivity index (χ4v) is 1.84. The zero-order valence-corrected chi connectivity index (χ0v) is 15.6. The first-order valence-electron chi connectivity index (χ1n) is 8.54. The summed E-state index contributed by atoms with van der Waals surface area (Å²) in [5.41, 5.74) is 0.361. The number of amides is 2. The summed E-state index contributed by atoms with van der Waals surface area (Å²) in [6.45, 7) is 9.37. The van der Waals surface area contributed by atoms with Crippen LogP contribution in [0.4, 0.5) is 5.69 Å². The van der Waals surface area contributed by atoms with Gasteiger partial charge in [0, 0.05) is 16.7 Å². The zero-order valence-electron chi connectivity index (χ0n) is 15.6. The molecule has 138 valence electrons. The number of esters is 1. The largest absolute Gasteiger partial charge is 0.464 e. The Balaban J connectivity index is 2.68. The average molecular weight is 348 g/mol. The van der Waals surface area contributed by atoms with Gasteiger partial charge in [-0.3, -0.25) is 9.59 Å². The summed E-state index contributed by atoms with van der Waals surface area (Å²) < 4.78 is 5.08. The van der Waals surface area contributed by atoms with Gasteiger partial charge in [0.15, 0.2) is 0 Å². The molecular formula is C19H28N2O4. The first-order chi connectivity index (χ1) is 11.6. The fraction of sp³-hybridized carbons (Fsp3) is 0.526. The predicted octanol–water partition coefficient (Wildman–Crippen LogP) is 3.13. The number of rotatable bonds is 7. The van der Waals surface area contributed by atoms with Gasteiger partial charge in [-0.2, -0.15) is 0 Å². The van der Waals surface area contributed by atoms with Gasteiger partial charge in [-0.25, -0.2) is 4.79 Å². The topological polar surface area (TPSA) is 84.5 Å². The Kier molecular flexibility index (Phi) is 7.61. The second-order valence-corrected chi connectivity index (χ2v) is 7.00. The second-order valence-electron chi connectivity index (χ2n) is 7.00. The third kappa shape index (κ3) is 6.95. The van der Waals surface area contributed by atoms with E-state index < -0.39 is 23.3 Å². The van der Waals surface area contributed by atoms with Gasteiger partial charge in [0.05, 0.1) is 6.61 Å². The molecule has 1 aromatic carbocycles. The lowest BCUT2D eigenvalue weighted by Crippen LogP contribution is -2.39. The summed E-state index contributed by atoms with van der Waals surface area (Å²) in [6.07, 6.45) is 1.73. The number of carbonyl (C=O) groups excluding carboxylic acids is 3. The average Bonchev–Trinajstić information content (AvgIpc) is 2.54. The monoisotopic (exact) mass is 348 g/mol. The number of anilines is 1. The molecule has 25 heavy (non-hydrogen) atoms. The van der Waals surface area contributed by atoms with Gasteiger partial charge in [-0.05, 0) is 31.5 Å². The molecule has 0 spiro atoms. The Morgan fingerprint density at radius 2 is 1.88 bits per heavy atom. The highest BCUT2D eigenvalue weighted by atomic mass is 16.5. The van der Waals surface area contributed by atoms with Crippen LogP contribution in [0.5, 0.6) is 0 Å². The van der Waals surface area contributed by atoms with Crippen LogP contribution in [0.3, 0.4) is 0 Å². The van der Waals surface area contributed by atoms with Crippen LogP contribution in [0.1, 0.15) is 57.8 Å². The van der Waals surface area contributed by atoms with Crippen LogP contribution in [0.2, 0.25) is 0 Å². The molecule has 2 N–H and O–H groups in total. The van der Waals surface area contributed by atoms with E-state index in [4.69, 9.17) is 4.74 Å². The molecule has 0 aliphatic rings. The van der Waals surface area contributed by atoms with Gasteiger partial charge in [-0.15, -0.1) is 0 Å². The molecule has 1 rings (SSSR count). The number of carbonyl (C=O) groups is 3. The molecule has 0 saturated carbocycles. The SMILES string of the molecule is CCCCOC(=O)C(C)NC(=O)c1cccc(NC(=O)C(C)(C)C)c1. The maximum atomic E-state index is 12.3. The number of hydrogen-bond donors (Lipinski definition) is 2. The highest BCUT2D eigenvalue weighted by Gasteiger charge is 2.22. The van der Waals surface area contributed by atoms with E-state index in [1.807, 2.05) is 27.7 Å². The summed E-state index contributed by atoms with van der Waals surface area (Å²) >= 11 is 0. The smallest absolute Gasteiger partial charge is 0.328 e. The lowest BCUT2D eigenvalue weighted by molar-refractivity contribution is -0.145. The molecule has 0 heterocycles. The fourth-order valence-electron chi connectivity index (χ4n) is 1.84. The van der Waals surface area contributed by atoms with E-state index in [9.17, 15) is 14.4 Å². The maximum absolute atomic E-state index is 12.3. The molecule has 0 bridgehead atoms. The number of ether oxygens (including phenoxy) is 1. The number of benzene rings is 1. The molecule has 0 aliphatic heterocycles. The van der Waals surface area contributed by atoms with Gasteiger partial charge in [-0.1, -0.05) is 40.2 Å². The molecule has 0 aliphatic carbocycles. The second kappa shape index (κ2) is 9.20. The lowest BCUT2D eigenvalue weighted by Gasteiger charge is -2.18. The van der Waals surface area contributed by atoms with Crippen LogP contribution >= 0.6 is 0 Å². The normalized spacial score (nSPS) is 12.2. The van der Waals surface area contributed by atoms with Gasteiger partial charge >= 0.3 is 5.97 Å². The van der Waals surface area contributed by atoms with Crippen molar-refractivity contribution >= 4 is 23.5 Å². The number of nitrogens with one attached hydrogen (secondary N) is 2. The minimum atomic E-state index is -0.739. The summed E-state index contributed by atoms with van der Waals surface area (Å²) in [4.78, 5) is 36.1. The van der Waals surface area contributed by atoms with E-state index in [1.165, 1.54) is 0 Å². The van der Waals surface area contributed by atoms with E-state index in [1.54, 1.807) is 31.2 Å². The molecule has 2 amide bonds. The molecule has 0 saturated heterocycles. The Labute approximate surface area is 149 Å². The molecule has 0 radical (unpaired) electrons. The van der Waals surface area contributed by atoms with E-state index in [0.29, 0.717) is 17.9 Å². The Hall–Kier alpha value is -2.37. The molecule has 0 fully saturated rings. The lowest BCUT2D eigenvalue weighted by atomic mass is 9.95. The van der Waals surface area contributed by atoms with Gasteiger partial charge in [0.2, 0.25) is 5.91 Å². The standard InChI is InChI=1S/C19H28N2O4/c1-6-7-11-25-17(23)13(2)20-16(22)14-9-8-10-15(12-14)21-18(24)19(3,4)5/h8-10,12-13H,6-7,11H2,1-5H3,(H,20,22)(H,21,24). The zero-order chi connectivity index (χ0) is 19.0. The van der Waals surface area contributed by atoms with E-state index >= 15 is 0 Å². The maximum Gasteiger partial charge on any atom is 0.328 e. The highest BCUT2D eigenvalue weighted by molar-refractivity contribution is 5.99. The number of unbranched alkanes of at least 4 members (excludes halogenated alkanes) is 1. The Morgan fingerprint density at radius 3 is 2.48 bits per heavy atom. The van der Waals surface area contributed by atoms with Gasteiger partial charge < -0.3 is 15.4 Å². The molecular weight excluding hydrogens is 320 g/mol. The van der Waals surface area contributed by atoms with Crippen LogP contribution in [-0.4, -0.2) is 30.4 Å². The van der Waals surface area contributed by atoms with Crippen molar-refractivity contribution in [2.24, 2.45) is 5.41 Å². The van der Waals surface area contributed by atoms with E-state index in [-0.39, 0.29) is 5.91 Å². The van der Waals surface area contributed by atoms with E-state index in [2.05, 4.69) is 10.6 Å². The first kappa shape index (κ1) is 20.7. The van der Waals surface area contributed by atoms with Crippen molar-refractivity contribution in [1.29, 1.82) is 0 Å². The molecule has 1 atom stereocenters. The van der Waals surface area contributed by atoms with Crippen LogP contribution in [0.15, 0.2) is 24.3 Å². The van der Waals surface area contributed by atoms with Crippen LogP contribution in [-0.2, 0) is 14.3 Å². The van der Waals surface area contributed by atoms with Crippen molar-refractivity contribution in [1.82, 2.24) is 5.32 Å². The predicted molar refractivity (Wildman–Crippen MR) is 97.3 cm³/mol. The summed E-state index contributed by atoms with van der Waals surface area (Å²) in [6, 6.07) is 5.85. The highest BCUT2D eigenvalue weighted by Crippen LogP contribution is 2.18. The summed E-state index contributed by atoms with van der Waals surface area (Å²) in [7, 11) is 0. The Morgan fingerprint density at radius 1 is 1.20 bits per heavy atom. The summed E-state index contributed by atoms with van der Waals surface area (Å²) in [5, 5.41) is 5.38. The van der Waals surface area contributed by atoms with Crippen molar-refractivity contribution in [2.45, 2.75) is 53.5 Å². The first-order valence-corrected chi connectivity index (χ1v) is 8.54. The van der Waals surface area contributed by atoms with Gasteiger partial charge in [0.25, 0.3) is 5.91 Å². The van der Waals surface area contributed by atoms with Crippen molar-refractivity contribution in [3.63, 3.8) is 0 Å². The van der Waals surface area contributed by atoms with E-state index in [0.717, 1.165) is 12.8 Å². The van der Waals surface area contributed by atoms with Crippen molar-refractivity contribution in [3.05, 3.63) is 29.8 Å². The van der Waals surface area contributed by atoms with Crippen LogP contribution in [0, 0.1) is 5.41 Å². The minimum absolute atomic E-state index is 0.141. The van der Waals surface area contributed by atoms with Crippen LogP contribution in [0.25, 0.3) is 0 Å². The molecule has 6 nitrogen and oxygen atoms in total. The van der Waals surface area contributed by atoms with Crippen molar-refractivity contribution < 1.29 is 19.1 Å². The minimum Gasteiger partial charge on any atom is -0.464 e. The molecule has 1 unspecified atom stereocenters. The number of hydrogen-bond acceptors (Lipinski definition) is 4. The Bertz CT molecular complexity index is 620. The quantitative estimate of drug-likeness (QED) is 0.586.